The minimum Gasteiger partial charge on any atom is -0.479 e. The third kappa shape index (κ3) is 3.67. The topological polar surface area (TPSA) is 46.6 Å². The molecule has 120 valence electrons. The summed E-state index contributed by atoms with van der Waals surface area (Å²) in [7, 11) is 0. The van der Waals surface area contributed by atoms with E-state index in [9.17, 15) is 9.59 Å². The Morgan fingerprint density at radius 3 is 2.64 bits per heavy atom. The van der Waals surface area contributed by atoms with Crippen LogP contribution in [0.1, 0.15) is 63.2 Å². The third-order valence-corrected chi connectivity index (χ3v) is 4.06. The normalized spacial score (nSPS) is 17.1. The number of anilines is 1. The van der Waals surface area contributed by atoms with E-state index in [4.69, 9.17) is 4.74 Å². The fourth-order valence-corrected chi connectivity index (χ4v) is 2.73. The molecule has 1 heterocycles. The standard InChI is InChI=1S/C18H25NO3/c1-4-5-6-7-8-11-19-16-12-15(13(2)20)9-10-17(16)22-14(3)18(19)21/h9-10,12,14H,4-8,11H2,1-3H3. The Morgan fingerprint density at radius 2 is 1.95 bits per heavy atom. The zero-order chi connectivity index (χ0) is 16.1. The van der Waals surface area contributed by atoms with E-state index in [1.807, 2.05) is 0 Å². The largest absolute Gasteiger partial charge is 0.479 e. The number of carbonyl (C=O) groups is 2. The molecule has 0 saturated heterocycles. The molecule has 0 radical (unpaired) electrons. The van der Waals surface area contributed by atoms with E-state index in [1.54, 1.807) is 30.0 Å². The zero-order valence-corrected chi connectivity index (χ0v) is 13.7. The van der Waals surface area contributed by atoms with E-state index < -0.39 is 6.10 Å². The highest BCUT2D eigenvalue weighted by Crippen LogP contribution is 2.35. The molecule has 22 heavy (non-hydrogen) atoms. The third-order valence-electron chi connectivity index (χ3n) is 4.06. The quantitative estimate of drug-likeness (QED) is 0.565. The Hall–Kier alpha value is -1.84. The van der Waals surface area contributed by atoms with Crippen LogP contribution in [0, 0.1) is 0 Å². The van der Waals surface area contributed by atoms with Crippen molar-refractivity contribution in [2.24, 2.45) is 0 Å². The number of benzene rings is 1. The second-order valence-corrected chi connectivity index (χ2v) is 5.90. The van der Waals surface area contributed by atoms with Crippen LogP contribution in [0.2, 0.25) is 0 Å². The van der Waals surface area contributed by atoms with Crippen molar-refractivity contribution in [3.8, 4) is 5.75 Å². The summed E-state index contributed by atoms with van der Waals surface area (Å²) in [6.07, 6.45) is 5.27. The van der Waals surface area contributed by atoms with Crippen LogP contribution in [0.25, 0.3) is 0 Å². The molecule has 0 aliphatic carbocycles. The van der Waals surface area contributed by atoms with Crippen LogP contribution in [0.3, 0.4) is 0 Å². The number of hydrogen-bond acceptors (Lipinski definition) is 3. The van der Waals surface area contributed by atoms with E-state index in [0.29, 0.717) is 17.9 Å². The highest BCUT2D eigenvalue weighted by molar-refractivity contribution is 6.02. The average Bonchev–Trinajstić information content (AvgIpc) is 2.50. The summed E-state index contributed by atoms with van der Waals surface area (Å²) in [6.45, 7) is 6.18. The number of amides is 1. The first-order valence-electron chi connectivity index (χ1n) is 8.17. The van der Waals surface area contributed by atoms with Crippen molar-refractivity contribution >= 4 is 17.4 Å². The summed E-state index contributed by atoms with van der Waals surface area (Å²) in [4.78, 5) is 25.8. The number of unbranched alkanes of at least 4 members (excludes halogenated alkanes) is 4. The minimum absolute atomic E-state index is 0.00299. The van der Waals surface area contributed by atoms with Crippen LogP contribution in [0.15, 0.2) is 18.2 Å². The maximum absolute atomic E-state index is 12.4. The van der Waals surface area contributed by atoms with Gasteiger partial charge in [-0.05, 0) is 38.5 Å². The molecule has 2 rings (SSSR count). The molecule has 1 aliphatic heterocycles. The van der Waals surface area contributed by atoms with Gasteiger partial charge in [0.05, 0.1) is 5.69 Å². The van der Waals surface area contributed by atoms with Crippen LogP contribution in [-0.2, 0) is 4.79 Å². The molecule has 0 aromatic heterocycles. The SMILES string of the molecule is CCCCCCCN1C(=O)C(C)Oc2ccc(C(C)=O)cc21. The second-order valence-electron chi connectivity index (χ2n) is 5.90. The number of ketones is 1. The van der Waals surface area contributed by atoms with Crippen molar-refractivity contribution < 1.29 is 14.3 Å². The van der Waals surface area contributed by atoms with Gasteiger partial charge in [0.1, 0.15) is 5.75 Å². The molecular formula is C18H25NO3. The van der Waals surface area contributed by atoms with E-state index in [0.717, 1.165) is 18.5 Å². The van der Waals surface area contributed by atoms with Crippen LogP contribution in [0.5, 0.6) is 5.75 Å². The van der Waals surface area contributed by atoms with Crippen LogP contribution >= 0.6 is 0 Å². The number of rotatable bonds is 7. The molecule has 0 saturated carbocycles. The number of carbonyl (C=O) groups excluding carboxylic acids is 2. The van der Waals surface area contributed by atoms with Crippen molar-refractivity contribution in [3.63, 3.8) is 0 Å². The van der Waals surface area contributed by atoms with E-state index in [2.05, 4.69) is 6.92 Å². The Morgan fingerprint density at radius 1 is 1.23 bits per heavy atom. The number of ether oxygens (including phenoxy) is 1. The fourth-order valence-electron chi connectivity index (χ4n) is 2.73. The van der Waals surface area contributed by atoms with Crippen LogP contribution < -0.4 is 9.64 Å². The van der Waals surface area contributed by atoms with Gasteiger partial charge in [-0.25, -0.2) is 0 Å². The minimum atomic E-state index is -0.466. The van der Waals surface area contributed by atoms with Gasteiger partial charge in [-0.15, -0.1) is 0 Å². The number of hydrogen-bond donors (Lipinski definition) is 0. The highest BCUT2D eigenvalue weighted by Gasteiger charge is 2.31. The fraction of sp³-hybridized carbons (Fsp3) is 0.556. The Balaban J connectivity index is 2.15. The maximum atomic E-state index is 12.4. The number of fused-ring (bicyclic) bond motifs is 1. The summed E-state index contributed by atoms with van der Waals surface area (Å²) in [6, 6.07) is 5.32. The van der Waals surface area contributed by atoms with Gasteiger partial charge < -0.3 is 9.64 Å². The molecule has 4 heteroatoms. The summed E-state index contributed by atoms with van der Waals surface area (Å²) >= 11 is 0. The molecule has 1 aliphatic rings. The van der Waals surface area contributed by atoms with Gasteiger partial charge in [0.2, 0.25) is 0 Å². The number of nitrogens with zero attached hydrogens (tertiary/aromatic N) is 1. The molecule has 4 nitrogen and oxygen atoms in total. The monoisotopic (exact) mass is 303 g/mol. The smallest absolute Gasteiger partial charge is 0.267 e. The van der Waals surface area contributed by atoms with Gasteiger partial charge in [0.25, 0.3) is 5.91 Å². The molecule has 0 bridgehead atoms. The van der Waals surface area contributed by atoms with E-state index in [-0.39, 0.29) is 11.7 Å². The van der Waals surface area contributed by atoms with Crippen LogP contribution in [-0.4, -0.2) is 24.3 Å². The number of Topliss-reactive ketones (excluding diaryl/α,β-unsaturated/α-hetero) is 1. The lowest BCUT2D eigenvalue weighted by Gasteiger charge is -2.33. The van der Waals surface area contributed by atoms with Gasteiger partial charge in [0.15, 0.2) is 11.9 Å². The molecule has 1 aromatic rings. The van der Waals surface area contributed by atoms with Gasteiger partial charge >= 0.3 is 0 Å². The summed E-state index contributed by atoms with van der Waals surface area (Å²) in [5.41, 5.74) is 1.34. The van der Waals surface area contributed by atoms with E-state index >= 15 is 0 Å². The Kier molecular flexibility index (Phi) is 5.58. The molecule has 1 amide bonds. The highest BCUT2D eigenvalue weighted by atomic mass is 16.5. The van der Waals surface area contributed by atoms with Gasteiger partial charge in [-0.2, -0.15) is 0 Å². The maximum Gasteiger partial charge on any atom is 0.267 e. The van der Waals surface area contributed by atoms with Crippen LogP contribution in [0.4, 0.5) is 5.69 Å². The second kappa shape index (κ2) is 7.43. The Bertz CT molecular complexity index is 553. The van der Waals surface area contributed by atoms with Crippen molar-refractivity contribution in [1.82, 2.24) is 0 Å². The van der Waals surface area contributed by atoms with Crippen molar-refractivity contribution in [2.75, 3.05) is 11.4 Å². The summed E-state index contributed by atoms with van der Waals surface area (Å²) in [5, 5.41) is 0. The zero-order valence-electron chi connectivity index (χ0n) is 13.7. The lowest BCUT2D eigenvalue weighted by molar-refractivity contribution is -0.125. The van der Waals surface area contributed by atoms with Crippen molar-refractivity contribution in [3.05, 3.63) is 23.8 Å². The first-order chi connectivity index (χ1) is 10.5. The summed E-state index contributed by atoms with van der Waals surface area (Å²) in [5.74, 6) is 0.658. The summed E-state index contributed by atoms with van der Waals surface area (Å²) < 4.78 is 5.65. The molecular weight excluding hydrogens is 278 g/mol. The predicted octanol–water partition coefficient (Wildman–Crippen LogP) is 3.97. The molecule has 1 aromatic carbocycles. The molecule has 0 spiro atoms. The van der Waals surface area contributed by atoms with Gasteiger partial charge in [-0.1, -0.05) is 32.6 Å². The first-order valence-corrected chi connectivity index (χ1v) is 8.17. The average molecular weight is 303 g/mol. The predicted molar refractivity (Wildman–Crippen MR) is 87.6 cm³/mol. The molecule has 1 atom stereocenters. The lowest BCUT2D eigenvalue weighted by Crippen LogP contribution is -2.45. The lowest BCUT2D eigenvalue weighted by atomic mass is 10.1. The first kappa shape index (κ1) is 16.5. The van der Waals surface area contributed by atoms with Crippen molar-refractivity contribution in [2.45, 2.75) is 59.0 Å². The van der Waals surface area contributed by atoms with Gasteiger partial charge in [-0.3, -0.25) is 9.59 Å². The van der Waals surface area contributed by atoms with Crippen molar-refractivity contribution in [1.29, 1.82) is 0 Å². The van der Waals surface area contributed by atoms with Gasteiger partial charge in [0, 0.05) is 12.1 Å². The Labute approximate surface area is 132 Å². The van der Waals surface area contributed by atoms with E-state index in [1.165, 1.54) is 26.2 Å². The molecule has 0 N–H and O–H groups in total. The molecule has 0 fully saturated rings. The molecule has 1 unspecified atom stereocenters.